The number of esters is 1. The van der Waals surface area contributed by atoms with Crippen molar-refractivity contribution in [2.75, 3.05) is 12.5 Å². The average Bonchev–Trinajstić information content (AvgIpc) is 2.59. The van der Waals surface area contributed by atoms with Crippen molar-refractivity contribution in [3.05, 3.63) is 35.9 Å². The SMILES string of the molecule is CC(C)(SC(=O)OCOC(=O)c1ccccc1)C(=O)N[C@@H](CS)C(=O)O. The summed E-state index contributed by atoms with van der Waals surface area (Å²) >= 11 is 4.39. The second kappa shape index (κ2) is 10.1. The number of hydrogen-bond donors (Lipinski definition) is 3. The van der Waals surface area contributed by atoms with Crippen LogP contribution in [-0.4, -0.2) is 51.6 Å². The van der Waals surface area contributed by atoms with Crippen molar-refractivity contribution in [3.8, 4) is 0 Å². The minimum Gasteiger partial charge on any atom is -0.480 e. The molecule has 1 aromatic carbocycles. The Balaban J connectivity index is 2.46. The van der Waals surface area contributed by atoms with Gasteiger partial charge in [-0.2, -0.15) is 12.6 Å². The number of benzene rings is 1. The van der Waals surface area contributed by atoms with Gasteiger partial charge in [0.15, 0.2) is 0 Å². The van der Waals surface area contributed by atoms with Crippen LogP contribution >= 0.6 is 24.4 Å². The lowest BCUT2D eigenvalue weighted by Crippen LogP contribution is -2.49. The summed E-state index contributed by atoms with van der Waals surface area (Å²) in [7, 11) is 0. The maximum atomic E-state index is 12.1. The molecule has 0 radical (unpaired) electrons. The Morgan fingerprint density at radius 1 is 1.19 bits per heavy atom. The molecule has 0 aliphatic heterocycles. The van der Waals surface area contributed by atoms with Gasteiger partial charge < -0.3 is 19.9 Å². The number of ether oxygens (including phenoxy) is 2. The first-order valence-corrected chi connectivity index (χ1v) is 8.85. The number of carboxylic acid groups (broad SMARTS) is 1. The van der Waals surface area contributed by atoms with Crippen molar-refractivity contribution in [3.63, 3.8) is 0 Å². The first-order chi connectivity index (χ1) is 12.2. The molecule has 0 saturated carbocycles. The second-order valence-electron chi connectivity index (χ2n) is 5.47. The summed E-state index contributed by atoms with van der Waals surface area (Å²) in [5.74, 6) is -2.65. The Morgan fingerprint density at radius 3 is 2.35 bits per heavy atom. The maximum Gasteiger partial charge on any atom is 0.371 e. The van der Waals surface area contributed by atoms with E-state index in [1.807, 2.05) is 0 Å². The summed E-state index contributed by atoms with van der Waals surface area (Å²) in [5, 5.41) is 10.4. The molecule has 0 unspecified atom stereocenters. The molecule has 1 aromatic rings. The van der Waals surface area contributed by atoms with Crippen LogP contribution in [0, 0.1) is 0 Å². The van der Waals surface area contributed by atoms with Gasteiger partial charge in [-0.1, -0.05) is 18.2 Å². The van der Waals surface area contributed by atoms with Crippen LogP contribution in [0.2, 0.25) is 0 Å². The predicted octanol–water partition coefficient (Wildman–Crippen LogP) is 1.95. The molecule has 0 heterocycles. The number of carboxylic acids is 1. The normalized spacial score (nSPS) is 12.0. The lowest BCUT2D eigenvalue weighted by molar-refractivity contribution is -0.141. The smallest absolute Gasteiger partial charge is 0.371 e. The fraction of sp³-hybridized carbons (Fsp3) is 0.375. The van der Waals surface area contributed by atoms with E-state index in [2.05, 4.69) is 17.9 Å². The van der Waals surface area contributed by atoms with E-state index in [9.17, 15) is 19.2 Å². The van der Waals surface area contributed by atoms with Gasteiger partial charge in [0.2, 0.25) is 12.7 Å². The van der Waals surface area contributed by atoms with Crippen LogP contribution in [-0.2, 0) is 19.1 Å². The number of aliphatic carboxylic acids is 1. The van der Waals surface area contributed by atoms with E-state index < -0.39 is 40.7 Å². The van der Waals surface area contributed by atoms with Crippen LogP contribution < -0.4 is 5.32 Å². The van der Waals surface area contributed by atoms with Gasteiger partial charge in [-0.05, 0) is 37.7 Å². The third-order valence-corrected chi connectivity index (χ3v) is 4.39. The number of carbonyl (C=O) groups is 4. The highest BCUT2D eigenvalue weighted by molar-refractivity contribution is 8.15. The zero-order valence-electron chi connectivity index (χ0n) is 14.1. The van der Waals surface area contributed by atoms with Gasteiger partial charge in [-0.15, -0.1) is 0 Å². The zero-order valence-corrected chi connectivity index (χ0v) is 15.8. The number of thioether (sulfide) groups is 1. The summed E-state index contributed by atoms with van der Waals surface area (Å²) < 4.78 is 8.28. The van der Waals surface area contributed by atoms with Crippen molar-refractivity contribution in [2.24, 2.45) is 0 Å². The highest BCUT2D eigenvalue weighted by Gasteiger charge is 2.34. The van der Waals surface area contributed by atoms with Gasteiger partial charge in [0.1, 0.15) is 6.04 Å². The highest BCUT2D eigenvalue weighted by atomic mass is 32.2. The summed E-state index contributed by atoms with van der Waals surface area (Å²) in [5.41, 5.74) is 0.308. The summed E-state index contributed by atoms with van der Waals surface area (Å²) in [6.45, 7) is 2.26. The largest absolute Gasteiger partial charge is 0.480 e. The number of thiol groups is 1. The van der Waals surface area contributed by atoms with E-state index in [-0.39, 0.29) is 5.75 Å². The van der Waals surface area contributed by atoms with Crippen molar-refractivity contribution in [2.45, 2.75) is 24.6 Å². The average molecular weight is 401 g/mol. The summed E-state index contributed by atoms with van der Waals surface area (Å²) in [6.07, 6.45) is 0. The first-order valence-electron chi connectivity index (χ1n) is 7.40. The van der Waals surface area contributed by atoms with Crippen molar-refractivity contribution < 1.29 is 33.8 Å². The quantitative estimate of drug-likeness (QED) is 0.344. The van der Waals surface area contributed by atoms with Crippen LogP contribution in [0.1, 0.15) is 24.2 Å². The predicted molar refractivity (Wildman–Crippen MR) is 98.3 cm³/mol. The van der Waals surface area contributed by atoms with E-state index in [0.29, 0.717) is 17.3 Å². The minimum atomic E-state index is -1.29. The third-order valence-electron chi connectivity index (χ3n) is 3.05. The molecule has 0 aromatic heterocycles. The maximum absolute atomic E-state index is 12.1. The Bertz CT molecular complexity index is 664. The number of nitrogens with one attached hydrogen (secondary N) is 1. The van der Waals surface area contributed by atoms with Crippen LogP contribution in [0.4, 0.5) is 4.79 Å². The standard InChI is InChI=1S/C16H19NO7S2/c1-16(2,14(21)17-11(8-25)12(18)19)26-15(22)24-9-23-13(20)10-6-4-3-5-7-10/h3-7,11,25H,8-9H2,1-2H3,(H,17,21)(H,18,19)/t11-/m0/s1. The molecular formula is C16H19NO7S2. The molecule has 0 aliphatic rings. The molecular weight excluding hydrogens is 382 g/mol. The van der Waals surface area contributed by atoms with Gasteiger partial charge >= 0.3 is 17.2 Å². The Morgan fingerprint density at radius 2 is 1.81 bits per heavy atom. The fourth-order valence-corrected chi connectivity index (χ4v) is 2.51. The molecule has 2 N–H and O–H groups in total. The van der Waals surface area contributed by atoms with E-state index >= 15 is 0 Å². The van der Waals surface area contributed by atoms with Gasteiger partial charge in [0.25, 0.3) is 0 Å². The van der Waals surface area contributed by atoms with Crippen LogP contribution in [0.3, 0.4) is 0 Å². The molecule has 1 amide bonds. The number of carbonyl (C=O) groups excluding carboxylic acids is 3. The minimum absolute atomic E-state index is 0.0955. The molecule has 0 bridgehead atoms. The van der Waals surface area contributed by atoms with E-state index in [4.69, 9.17) is 14.6 Å². The van der Waals surface area contributed by atoms with Crippen LogP contribution in [0.25, 0.3) is 0 Å². The van der Waals surface area contributed by atoms with Crippen LogP contribution in [0.5, 0.6) is 0 Å². The Labute approximate surface area is 160 Å². The van der Waals surface area contributed by atoms with Gasteiger partial charge in [0.05, 0.1) is 10.3 Å². The Hall–Kier alpha value is -2.20. The molecule has 0 spiro atoms. The summed E-state index contributed by atoms with van der Waals surface area (Å²) in [4.78, 5) is 46.5. The lowest BCUT2D eigenvalue weighted by atomic mass is 10.2. The molecule has 1 atom stereocenters. The fourth-order valence-electron chi connectivity index (χ4n) is 1.59. The van der Waals surface area contributed by atoms with E-state index in [1.54, 1.807) is 30.3 Å². The molecule has 0 saturated heterocycles. The molecule has 0 aliphatic carbocycles. The molecule has 10 heteroatoms. The van der Waals surface area contributed by atoms with Crippen LogP contribution in [0.15, 0.2) is 30.3 Å². The first kappa shape index (κ1) is 21.8. The van der Waals surface area contributed by atoms with E-state index in [0.717, 1.165) is 0 Å². The molecule has 1 rings (SSSR count). The van der Waals surface area contributed by atoms with Crippen molar-refractivity contribution >= 4 is 47.5 Å². The molecule has 8 nitrogen and oxygen atoms in total. The molecule has 26 heavy (non-hydrogen) atoms. The van der Waals surface area contributed by atoms with Crippen molar-refractivity contribution in [1.82, 2.24) is 5.32 Å². The third kappa shape index (κ3) is 6.96. The topological polar surface area (TPSA) is 119 Å². The highest BCUT2D eigenvalue weighted by Crippen LogP contribution is 2.26. The summed E-state index contributed by atoms with van der Waals surface area (Å²) in [6, 6.07) is 6.99. The number of amides is 1. The number of hydrogen-bond acceptors (Lipinski definition) is 8. The van der Waals surface area contributed by atoms with Gasteiger partial charge in [-0.3, -0.25) is 4.79 Å². The second-order valence-corrected chi connectivity index (χ2v) is 7.39. The van der Waals surface area contributed by atoms with E-state index in [1.165, 1.54) is 13.8 Å². The monoisotopic (exact) mass is 401 g/mol. The molecule has 0 fully saturated rings. The van der Waals surface area contributed by atoms with Crippen molar-refractivity contribution in [1.29, 1.82) is 0 Å². The Kier molecular flexibility index (Phi) is 8.46. The number of rotatable bonds is 8. The van der Waals surface area contributed by atoms with Gasteiger partial charge in [-0.25, -0.2) is 14.4 Å². The van der Waals surface area contributed by atoms with Gasteiger partial charge in [0, 0.05) is 5.75 Å². The molecule has 142 valence electrons. The lowest BCUT2D eigenvalue weighted by Gasteiger charge is -2.23. The zero-order chi connectivity index (χ0) is 19.7.